The molecule has 2 rings (SSSR count). The molecule has 3 N–H and O–H groups in total. The lowest BCUT2D eigenvalue weighted by molar-refractivity contribution is -0.127. The van der Waals surface area contributed by atoms with Crippen LogP contribution in [0.3, 0.4) is 0 Å². The Balaban J connectivity index is 2.08. The third-order valence-electron chi connectivity index (χ3n) is 4.34. The molecule has 3 unspecified atom stereocenters. The molecule has 1 aromatic carbocycles. The second-order valence-corrected chi connectivity index (χ2v) is 6.97. The largest absolute Gasteiger partial charge is 0.351 e. The molecule has 0 aliphatic heterocycles. The van der Waals surface area contributed by atoms with Crippen LogP contribution in [0.5, 0.6) is 0 Å². The van der Waals surface area contributed by atoms with Crippen LogP contribution >= 0.6 is 15.9 Å². The molecular weight excluding hydrogens is 316 g/mol. The van der Waals surface area contributed by atoms with Gasteiger partial charge >= 0.3 is 0 Å². The van der Waals surface area contributed by atoms with Crippen LogP contribution in [0.15, 0.2) is 28.7 Å². The maximum absolute atomic E-state index is 12.5. The van der Waals surface area contributed by atoms with E-state index in [1.807, 2.05) is 24.3 Å². The van der Waals surface area contributed by atoms with Gasteiger partial charge in [0, 0.05) is 10.5 Å². The van der Waals surface area contributed by atoms with Gasteiger partial charge in [-0.1, -0.05) is 47.8 Å². The van der Waals surface area contributed by atoms with Gasteiger partial charge in [0.2, 0.25) is 5.91 Å². The Labute approximate surface area is 129 Å². The van der Waals surface area contributed by atoms with Crippen molar-refractivity contribution < 1.29 is 4.79 Å². The molecule has 3 atom stereocenters. The normalized spacial score (nSPS) is 25.8. The predicted octanol–water partition coefficient (Wildman–Crippen LogP) is 3.32. The molecule has 1 fully saturated rings. The summed E-state index contributed by atoms with van der Waals surface area (Å²) in [6, 6.07) is 7.88. The SMILES string of the molecule is CC1CCCCC1NC(=O)C(C)(N)c1ccc(Br)cc1. The van der Waals surface area contributed by atoms with Crippen molar-refractivity contribution in [1.82, 2.24) is 5.32 Å². The fraction of sp³-hybridized carbons (Fsp3) is 0.562. The van der Waals surface area contributed by atoms with E-state index in [0.717, 1.165) is 16.5 Å². The fourth-order valence-corrected chi connectivity index (χ4v) is 3.04. The van der Waals surface area contributed by atoms with Gasteiger partial charge in [0.25, 0.3) is 0 Å². The summed E-state index contributed by atoms with van der Waals surface area (Å²) in [5.74, 6) is 0.451. The van der Waals surface area contributed by atoms with Crippen molar-refractivity contribution in [1.29, 1.82) is 0 Å². The highest BCUT2D eigenvalue weighted by Crippen LogP contribution is 2.26. The van der Waals surface area contributed by atoms with Gasteiger partial charge in [-0.05, 0) is 43.4 Å². The van der Waals surface area contributed by atoms with Crippen molar-refractivity contribution >= 4 is 21.8 Å². The zero-order valence-electron chi connectivity index (χ0n) is 12.2. The molecule has 1 saturated carbocycles. The van der Waals surface area contributed by atoms with Crippen LogP contribution in [0.1, 0.15) is 45.1 Å². The Morgan fingerprint density at radius 3 is 2.50 bits per heavy atom. The number of amides is 1. The highest BCUT2D eigenvalue weighted by molar-refractivity contribution is 9.10. The van der Waals surface area contributed by atoms with Crippen molar-refractivity contribution in [3.05, 3.63) is 34.3 Å². The molecule has 0 radical (unpaired) electrons. The van der Waals surface area contributed by atoms with Crippen LogP contribution in [0.4, 0.5) is 0 Å². The maximum atomic E-state index is 12.5. The van der Waals surface area contributed by atoms with Crippen LogP contribution in [-0.2, 0) is 10.3 Å². The lowest BCUT2D eigenvalue weighted by Gasteiger charge is -2.33. The summed E-state index contributed by atoms with van der Waals surface area (Å²) in [5.41, 5.74) is 6.11. The molecule has 0 aromatic heterocycles. The van der Waals surface area contributed by atoms with E-state index in [1.54, 1.807) is 6.92 Å². The van der Waals surface area contributed by atoms with Gasteiger partial charge in [-0.3, -0.25) is 4.79 Å². The number of nitrogens with two attached hydrogens (primary N) is 1. The number of benzene rings is 1. The lowest BCUT2D eigenvalue weighted by Crippen LogP contribution is -2.53. The minimum Gasteiger partial charge on any atom is -0.351 e. The molecule has 0 saturated heterocycles. The number of nitrogens with one attached hydrogen (secondary N) is 1. The molecule has 4 heteroatoms. The second kappa shape index (κ2) is 6.27. The Hall–Kier alpha value is -0.870. The molecule has 0 spiro atoms. The van der Waals surface area contributed by atoms with E-state index < -0.39 is 5.54 Å². The van der Waals surface area contributed by atoms with E-state index >= 15 is 0 Å². The maximum Gasteiger partial charge on any atom is 0.244 e. The molecule has 1 amide bonds. The molecule has 1 aromatic rings. The first-order valence-corrected chi connectivity index (χ1v) is 8.06. The van der Waals surface area contributed by atoms with Crippen LogP contribution < -0.4 is 11.1 Å². The summed E-state index contributed by atoms with van der Waals surface area (Å²) in [4.78, 5) is 12.5. The van der Waals surface area contributed by atoms with Gasteiger partial charge in [0.1, 0.15) is 5.54 Å². The minimum atomic E-state index is -0.988. The fourth-order valence-electron chi connectivity index (χ4n) is 2.78. The minimum absolute atomic E-state index is 0.0847. The summed E-state index contributed by atoms with van der Waals surface area (Å²) >= 11 is 3.40. The van der Waals surface area contributed by atoms with Crippen molar-refractivity contribution in [2.75, 3.05) is 0 Å². The van der Waals surface area contributed by atoms with Gasteiger partial charge in [0.05, 0.1) is 0 Å². The highest BCUT2D eigenvalue weighted by atomic mass is 79.9. The molecule has 0 bridgehead atoms. The molecule has 110 valence electrons. The quantitative estimate of drug-likeness (QED) is 0.888. The highest BCUT2D eigenvalue weighted by Gasteiger charge is 2.33. The number of rotatable bonds is 3. The average Bonchev–Trinajstić information content (AvgIpc) is 2.41. The number of hydrogen-bond acceptors (Lipinski definition) is 2. The van der Waals surface area contributed by atoms with E-state index in [1.165, 1.54) is 19.3 Å². The van der Waals surface area contributed by atoms with E-state index in [0.29, 0.717) is 5.92 Å². The van der Waals surface area contributed by atoms with Crippen LogP contribution in [0.25, 0.3) is 0 Å². The predicted molar refractivity (Wildman–Crippen MR) is 85.2 cm³/mol. The Morgan fingerprint density at radius 1 is 1.30 bits per heavy atom. The average molecular weight is 339 g/mol. The third-order valence-corrected chi connectivity index (χ3v) is 4.87. The summed E-state index contributed by atoms with van der Waals surface area (Å²) in [5, 5.41) is 3.15. The first-order valence-electron chi connectivity index (χ1n) is 7.27. The zero-order chi connectivity index (χ0) is 14.8. The van der Waals surface area contributed by atoms with Gasteiger partial charge < -0.3 is 11.1 Å². The third kappa shape index (κ3) is 3.41. The Morgan fingerprint density at radius 2 is 1.90 bits per heavy atom. The molecule has 0 heterocycles. The van der Waals surface area contributed by atoms with Crippen molar-refractivity contribution in [3.63, 3.8) is 0 Å². The van der Waals surface area contributed by atoms with E-state index in [9.17, 15) is 4.79 Å². The number of halogens is 1. The van der Waals surface area contributed by atoms with Crippen molar-refractivity contribution in [2.45, 2.75) is 51.1 Å². The van der Waals surface area contributed by atoms with Crippen LogP contribution in [-0.4, -0.2) is 11.9 Å². The zero-order valence-corrected chi connectivity index (χ0v) is 13.7. The Kier molecular flexibility index (Phi) is 4.86. The van der Waals surface area contributed by atoms with Crippen molar-refractivity contribution in [2.24, 2.45) is 11.7 Å². The monoisotopic (exact) mass is 338 g/mol. The number of hydrogen-bond donors (Lipinski definition) is 2. The summed E-state index contributed by atoms with van der Waals surface area (Å²) in [6.45, 7) is 3.98. The van der Waals surface area contributed by atoms with Gasteiger partial charge in [-0.25, -0.2) is 0 Å². The number of carbonyl (C=O) groups is 1. The van der Waals surface area contributed by atoms with Gasteiger partial charge in [-0.15, -0.1) is 0 Å². The Bertz CT molecular complexity index is 470. The standard InChI is InChI=1S/C16H23BrN2O/c1-11-5-3-4-6-14(11)19-15(20)16(2,18)12-7-9-13(17)10-8-12/h7-11,14H,3-6,18H2,1-2H3,(H,19,20). The smallest absolute Gasteiger partial charge is 0.244 e. The summed E-state index contributed by atoms with van der Waals surface area (Å²) < 4.78 is 0.985. The second-order valence-electron chi connectivity index (χ2n) is 6.05. The molecule has 20 heavy (non-hydrogen) atoms. The topological polar surface area (TPSA) is 55.1 Å². The van der Waals surface area contributed by atoms with Gasteiger partial charge in [0.15, 0.2) is 0 Å². The lowest BCUT2D eigenvalue weighted by atomic mass is 9.84. The van der Waals surface area contributed by atoms with Crippen LogP contribution in [0.2, 0.25) is 0 Å². The van der Waals surface area contributed by atoms with E-state index in [-0.39, 0.29) is 11.9 Å². The van der Waals surface area contributed by atoms with Crippen LogP contribution in [0, 0.1) is 5.92 Å². The first-order chi connectivity index (χ1) is 9.41. The molecular formula is C16H23BrN2O. The summed E-state index contributed by atoms with van der Waals surface area (Å²) in [6.07, 6.45) is 4.70. The van der Waals surface area contributed by atoms with E-state index in [2.05, 4.69) is 28.2 Å². The number of carbonyl (C=O) groups excluding carboxylic acids is 1. The van der Waals surface area contributed by atoms with Crippen molar-refractivity contribution in [3.8, 4) is 0 Å². The molecule has 1 aliphatic rings. The molecule has 3 nitrogen and oxygen atoms in total. The summed E-state index contributed by atoms with van der Waals surface area (Å²) in [7, 11) is 0. The molecule has 1 aliphatic carbocycles. The van der Waals surface area contributed by atoms with Gasteiger partial charge in [-0.2, -0.15) is 0 Å². The first kappa shape index (κ1) is 15.5. The van der Waals surface area contributed by atoms with E-state index in [4.69, 9.17) is 5.73 Å².